The van der Waals surface area contributed by atoms with Crippen LogP contribution in [-0.2, 0) is 15.0 Å². The highest BCUT2D eigenvalue weighted by Gasteiger charge is 2.37. The Morgan fingerprint density at radius 2 is 1.42 bits per heavy atom. The van der Waals surface area contributed by atoms with Crippen molar-refractivity contribution in [2.45, 2.75) is 57.8 Å². The molecule has 0 saturated carbocycles. The van der Waals surface area contributed by atoms with Gasteiger partial charge in [-0.25, -0.2) is 0 Å². The molecule has 0 radical (unpaired) electrons. The number of benzene rings is 1. The van der Waals surface area contributed by atoms with Gasteiger partial charge in [0.05, 0.1) is 5.41 Å². The zero-order chi connectivity index (χ0) is 18.6. The molecule has 2 fully saturated rings. The van der Waals surface area contributed by atoms with Crippen molar-refractivity contribution in [3.63, 3.8) is 0 Å². The van der Waals surface area contributed by atoms with E-state index in [1.165, 1.54) is 12.8 Å². The van der Waals surface area contributed by atoms with Gasteiger partial charge in [0.15, 0.2) is 0 Å². The Bertz CT molecular complexity index is 610. The molecule has 0 aliphatic carbocycles. The third-order valence-corrected chi connectivity index (χ3v) is 6.08. The molecule has 0 bridgehead atoms. The second kappa shape index (κ2) is 8.24. The van der Waals surface area contributed by atoms with Crippen molar-refractivity contribution in [1.29, 1.82) is 0 Å². The minimum atomic E-state index is -0.525. The Labute approximate surface area is 157 Å². The van der Waals surface area contributed by atoms with Crippen LogP contribution in [-0.4, -0.2) is 47.8 Å². The lowest BCUT2D eigenvalue weighted by molar-refractivity contribution is -0.143. The lowest BCUT2D eigenvalue weighted by Gasteiger charge is -2.38. The first kappa shape index (κ1) is 18.9. The van der Waals surface area contributed by atoms with E-state index in [2.05, 4.69) is 4.90 Å². The fourth-order valence-corrected chi connectivity index (χ4v) is 4.25. The van der Waals surface area contributed by atoms with Crippen molar-refractivity contribution >= 4 is 11.8 Å². The number of amides is 2. The predicted molar refractivity (Wildman–Crippen MR) is 104 cm³/mol. The Balaban J connectivity index is 1.57. The van der Waals surface area contributed by atoms with Gasteiger partial charge in [-0.15, -0.1) is 0 Å². The molecule has 4 nitrogen and oxygen atoms in total. The van der Waals surface area contributed by atoms with Crippen molar-refractivity contribution < 1.29 is 9.59 Å². The van der Waals surface area contributed by atoms with Crippen molar-refractivity contribution in [3.05, 3.63) is 35.9 Å². The van der Waals surface area contributed by atoms with Crippen LogP contribution in [0.4, 0.5) is 0 Å². The zero-order valence-electron chi connectivity index (χ0n) is 16.2. The molecular weight excluding hydrogens is 324 g/mol. The van der Waals surface area contributed by atoms with Crippen LogP contribution in [0.3, 0.4) is 0 Å². The molecule has 1 aromatic carbocycles. The molecule has 0 aromatic heterocycles. The monoisotopic (exact) mass is 356 g/mol. The number of hydrogen-bond acceptors (Lipinski definition) is 2. The largest absolute Gasteiger partial charge is 0.342 e. The van der Waals surface area contributed by atoms with Crippen LogP contribution in [0.15, 0.2) is 30.3 Å². The van der Waals surface area contributed by atoms with Crippen LogP contribution in [0.1, 0.15) is 57.9 Å². The predicted octanol–water partition coefficient (Wildman–Crippen LogP) is 3.61. The fourth-order valence-electron chi connectivity index (χ4n) is 4.25. The lowest BCUT2D eigenvalue weighted by atomic mass is 9.82. The summed E-state index contributed by atoms with van der Waals surface area (Å²) in [5.74, 6) is 0.586. The molecule has 0 spiro atoms. The van der Waals surface area contributed by atoms with Crippen LogP contribution < -0.4 is 0 Å². The molecule has 1 aromatic rings. The number of likely N-dealkylation sites (tertiary alicyclic amines) is 2. The molecule has 2 aliphatic rings. The third-order valence-electron chi connectivity index (χ3n) is 6.08. The van der Waals surface area contributed by atoms with E-state index in [4.69, 9.17) is 0 Å². The highest BCUT2D eigenvalue weighted by Crippen LogP contribution is 2.29. The number of carbonyl (C=O) groups is 2. The number of carbonyl (C=O) groups excluding carboxylic acids is 2. The van der Waals surface area contributed by atoms with Gasteiger partial charge in [-0.05, 0) is 45.1 Å². The average Bonchev–Trinajstić information content (AvgIpc) is 2.97. The third kappa shape index (κ3) is 4.11. The zero-order valence-corrected chi connectivity index (χ0v) is 16.2. The van der Waals surface area contributed by atoms with E-state index < -0.39 is 5.41 Å². The highest BCUT2D eigenvalue weighted by molar-refractivity contribution is 5.88. The van der Waals surface area contributed by atoms with Crippen molar-refractivity contribution in [2.75, 3.05) is 26.2 Å². The minimum Gasteiger partial charge on any atom is -0.342 e. The summed E-state index contributed by atoms with van der Waals surface area (Å²) in [6.45, 7) is 7.22. The van der Waals surface area contributed by atoms with Gasteiger partial charge < -0.3 is 9.80 Å². The maximum atomic E-state index is 13.1. The van der Waals surface area contributed by atoms with E-state index in [0.29, 0.717) is 19.0 Å². The van der Waals surface area contributed by atoms with Crippen molar-refractivity contribution in [3.8, 4) is 0 Å². The summed E-state index contributed by atoms with van der Waals surface area (Å²) in [5.41, 5.74) is 0.524. The highest BCUT2D eigenvalue weighted by atomic mass is 16.2. The second-order valence-corrected chi connectivity index (χ2v) is 8.30. The number of piperidine rings is 1. The molecule has 0 N–H and O–H groups in total. The maximum absolute atomic E-state index is 13.1. The van der Waals surface area contributed by atoms with Gasteiger partial charge in [-0.2, -0.15) is 0 Å². The molecule has 2 saturated heterocycles. The topological polar surface area (TPSA) is 40.6 Å². The maximum Gasteiger partial charge on any atom is 0.232 e. The standard InChI is InChI=1S/C22H32N2O2/c1-22(2,19-10-6-5-7-11-19)21(26)24-16-12-18(13-17-24)20(25)23-14-8-3-4-9-15-23/h5-7,10-11,18H,3-4,8-9,12-17H2,1-2H3. The Morgan fingerprint density at radius 3 is 2.00 bits per heavy atom. The van der Waals surface area contributed by atoms with Crippen LogP contribution in [0.2, 0.25) is 0 Å². The smallest absolute Gasteiger partial charge is 0.232 e. The number of hydrogen-bond donors (Lipinski definition) is 0. The molecule has 0 unspecified atom stereocenters. The Morgan fingerprint density at radius 1 is 0.846 bits per heavy atom. The van der Waals surface area contributed by atoms with Crippen molar-refractivity contribution in [1.82, 2.24) is 9.80 Å². The summed E-state index contributed by atoms with van der Waals surface area (Å²) < 4.78 is 0. The quantitative estimate of drug-likeness (QED) is 0.830. The summed E-state index contributed by atoms with van der Waals surface area (Å²) in [6.07, 6.45) is 6.34. The molecular formula is C22H32N2O2. The van der Waals surface area contributed by atoms with Gasteiger partial charge in [0.1, 0.15) is 0 Å². The van der Waals surface area contributed by atoms with E-state index in [1.807, 2.05) is 49.1 Å². The molecule has 142 valence electrons. The molecule has 2 heterocycles. The summed E-state index contributed by atoms with van der Waals surface area (Å²) in [4.78, 5) is 29.9. The van der Waals surface area contributed by atoms with Crippen LogP contribution >= 0.6 is 0 Å². The number of nitrogens with zero attached hydrogens (tertiary/aromatic N) is 2. The first-order chi connectivity index (χ1) is 12.5. The van der Waals surface area contributed by atoms with Gasteiger partial charge in [0.25, 0.3) is 0 Å². The summed E-state index contributed by atoms with van der Waals surface area (Å²) in [5, 5.41) is 0. The molecule has 2 amide bonds. The molecule has 4 heteroatoms. The van der Waals surface area contributed by atoms with Gasteiger partial charge in [-0.3, -0.25) is 9.59 Å². The first-order valence-electron chi connectivity index (χ1n) is 10.1. The van der Waals surface area contributed by atoms with Gasteiger partial charge in [0, 0.05) is 32.1 Å². The Hall–Kier alpha value is -1.84. The Kier molecular flexibility index (Phi) is 6.00. The average molecular weight is 357 g/mol. The number of rotatable bonds is 3. The van der Waals surface area contributed by atoms with Crippen molar-refractivity contribution in [2.24, 2.45) is 5.92 Å². The minimum absolute atomic E-state index is 0.0944. The van der Waals surface area contributed by atoms with Crippen LogP contribution in [0.25, 0.3) is 0 Å². The first-order valence-corrected chi connectivity index (χ1v) is 10.1. The SMILES string of the molecule is CC(C)(C(=O)N1CCC(C(=O)N2CCCCCC2)CC1)c1ccccc1. The normalized spacial score (nSPS) is 19.9. The summed E-state index contributed by atoms with van der Waals surface area (Å²) in [6, 6.07) is 9.98. The van der Waals surface area contributed by atoms with Gasteiger partial charge in [-0.1, -0.05) is 43.2 Å². The van der Waals surface area contributed by atoms with Gasteiger partial charge >= 0.3 is 0 Å². The molecule has 26 heavy (non-hydrogen) atoms. The van der Waals surface area contributed by atoms with Crippen LogP contribution in [0.5, 0.6) is 0 Å². The van der Waals surface area contributed by atoms with E-state index in [1.54, 1.807) is 0 Å². The molecule has 2 aliphatic heterocycles. The molecule has 0 atom stereocenters. The summed E-state index contributed by atoms with van der Waals surface area (Å²) >= 11 is 0. The summed E-state index contributed by atoms with van der Waals surface area (Å²) in [7, 11) is 0. The van der Waals surface area contributed by atoms with E-state index in [-0.39, 0.29) is 11.8 Å². The van der Waals surface area contributed by atoms with E-state index >= 15 is 0 Å². The van der Waals surface area contributed by atoms with E-state index in [9.17, 15) is 9.59 Å². The van der Waals surface area contributed by atoms with Gasteiger partial charge in [0.2, 0.25) is 11.8 Å². The molecule has 3 rings (SSSR count). The van der Waals surface area contributed by atoms with E-state index in [0.717, 1.165) is 44.3 Å². The fraction of sp³-hybridized carbons (Fsp3) is 0.636. The second-order valence-electron chi connectivity index (χ2n) is 8.30. The van der Waals surface area contributed by atoms with Crippen LogP contribution in [0, 0.1) is 5.92 Å². The lowest BCUT2D eigenvalue weighted by Crippen LogP contribution is -2.49.